The van der Waals surface area contributed by atoms with Gasteiger partial charge in [-0.15, -0.1) is 0 Å². The van der Waals surface area contributed by atoms with Crippen molar-refractivity contribution < 1.29 is 32.2 Å². The second-order valence-electron chi connectivity index (χ2n) is 11.5. The van der Waals surface area contributed by atoms with Crippen molar-refractivity contribution in [3.8, 4) is 17.2 Å². The van der Waals surface area contributed by atoms with Crippen LogP contribution in [0.15, 0.2) is 42.2 Å². The van der Waals surface area contributed by atoms with Gasteiger partial charge in [-0.2, -0.15) is 4.98 Å². The molecular formula is C32H39BF2N6O4. The molecule has 2 aliphatic heterocycles. The summed E-state index contributed by atoms with van der Waals surface area (Å²) in [5.74, 6) is 1.77. The Morgan fingerprint density at radius 1 is 1.07 bits per heavy atom. The predicted octanol–water partition coefficient (Wildman–Crippen LogP) is 4.91. The van der Waals surface area contributed by atoms with E-state index in [1.165, 1.54) is 23.2 Å². The highest BCUT2D eigenvalue weighted by Gasteiger charge is 2.52. The fourth-order valence-electron chi connectivity index (χ4n) is 6.45. The van der Waals surface area contributed by atoms with Gasteiger partial charge in [0, 0.05) is 60.9 Å². The van der Waals surface area contributed by atoms with Crippen molar-refractivity contribution in [3.05, 3.63) is 70.3 Å². The predicted molar refractivity (Wildman–Crippen MR) is 171 cm³/mol. The number of carbonyl (C=O) groups excluding carboxylic acids is 1. The Kier molecular flexibility index (Phi) is 8.99. The minimum absolute atomic E-state index is 0.00845. The molecule has 3 aromatic rings. The van der Waals surface area contributed by atoms with E-state index in [1.807, 2.05) is 38.1 Å². The number of ketones is 1. The van der Waals surface area contributed by atoms with Gasteiger partial charge in [0.25, 0.3) is 0 Å². The molecule has 1 aromatic carbocycles. The van der Waals surface area contributed by atoms with Crippen LogP contribution in [0.25, 0.3) is 5.57 Å². The van der Waals surface area contributed by atoms with E-state index >= 15 is 4.32 Å². The van der Waals surface area contributed by atoms with Crippen LogP contribution in [0, 0.1) is 13.8 Å². The van der Waals surface area contributed by atoms with Gasteiger partial charge in [-0.05, 0) is 62.2 Å². The number of nitrogen functional groups attached to an aromatic ring is 2. The van der Waals surface area contributed by atoms with Crippen molar-refractivity contribution in [2.45, 2.75) is 52.9 Å². The van der Waals surface area contributed by atoms with E-state index in [4.69, 9.17) is 25.7 Å². The van der Waals surface area contributed by atoms with Gasteiger partial charge in [0.1, 0.15) is 17.3 Å². The lowest BCUT2D eigenvalue weighted by Gasteiger charge is -2.36. The largest absolute Gasteiger partial charge is 0.577 e. The van der Waals surface area contributed by atoms with Crippen LogP contribution in [-0.4, -0.2) is 64.5 Å². The molecule has 1 atom stereocenters. The van der Waals surface area contributed by atoms with Gasteiger partial charge in [-0.25, -0.2) is 4.98 Å². The van der Waals surface area contributed by atoms with Gasteiger partial charge in [-0.3, -0.25) is 9.18 Å². The van der Waals surface area contributed by atoms with E-state index in [1.54, 1.807) is 19.2 Å². The van der Waals surface area contributed by atoms with E-state index in [9.17, 15) is 9.18 Å². The number of anilines is 2. The highest BCUT2D eigenvalue weighted by Crippen LogP contribution is 2.40. The maximum absolute atomic E-state index is 16.5. The van der Waals surface area contributed by atoms with Crippen LogP contribution in [0.4, 0.5) is 20.5 Å². The Labute approximate surface area is 261 Å². The highest BCUT2D eigenvalue weighted by molar-refractivity contribution is 6.65. The number of halogens is 2. The summed E-state index contributed by atoms with van der Waals surface area (Å²) in [6.45, 7) is 1.51. The van der Waals surface area contributed by atoms with Crippen molar-refractivity contribution in [2.75, 3.05) is 38.9 Å². The number of hydrogen-bond donors (Lipinski definition) is 2. The SMILES string of the molecule is COc1cc(Cc2cnc(N)nc2N)cc(OC)c1OCCCC(=O)CCC1=[N+]2C(=C(C)c3c(C)cc(C)n3[B-]2(F)CF)C=C1. The Balaban J connectivity index is 1.21. The lowest BCUT2D eigenvalue weighted by atomic mass is 9.66. The Hall–Kier alpha value is -4.68. The van der Waals surface area contributed by atoms with E-state index in [-0.39, 0.29) is 31.2 Å². The number of benzene rings is 1. The summed E-state index contributed by atoms with van der Waals surface area (Å²) in [7, 11) is 3.07. The standard InChI is InChI=1S/C32H39BF2N6O4/c1-19-13-20(2)40-29(19)21(3)26-11-9-24(41(26)33(40,35)18-34)8-10-25(42)7-6-12-45-30-27(43-4)15-22(16-28(30)44-5)14-23-17-38-32(37)39-31(23)36/h9,11,13,15-17H,6-8,10,12,14,18H2,1-5H3,(H4,36,37,38,39). The second kappa shape index (κ2) is 12.7. The molecule has 10 nitrogen and oxygen atoms in total. The third-order valence-electron chi connectivity index (χ3n) is 8.49. The number of rotatable bonds is 13. The number of hydrogen-bond acceptors (Lipinski definition) is 8. The Morgan fingerprint density at radius 3 is 2.42 bits per heavy atom. The lowest BCUT2D eigenvalue weighted by Crippen LogP contribution is -2.57. The first-order chi connectivity index (χ1) is 21.5. The number of allylic oxidation sites excluding steroid dienone is 3. The molecule has 0 aliphatic carbocycles. The average Bonchev–Trinajstić information content (AvgIpc) is 3.59. The normalized spacial score (nSPS) is 17.0. The van der Waals surface area contributed by atoms with Gasteiger partial charge in [-0.1, -0.05) is 0 Å². The van der Waals surface area contributed by atoms with Crippen molar-refractivity contribution >= 4 is 35.5 Å². The fourth-order valence-corrected chi connectivity index (χ4v) is 6.45. The fraction of sp³-hybridized carbons (Fsp3) is 0.375. The molecule has 2 aromatic heterocycles. The van der Waals surface area contributed by atoms with E-state index < -0.39 is 13.3 Å². The molecule has 238 valence electrons. The molecule has 0 radical (unpaired) electrons. The van der Waals surface area contributed by atoms with Gasteiger partial charge >= 0.3 is 6.69 Å². The number of fused-ring (bicyclic) bond motifs is 2. The molecule has 0 fully saturated rings. The van der Waals surface area contributed by atoms with Crippen LogP contribution >= 0.6 is 0 Å². The minimum Gasteiger partial charge on any atom is -0.493 e. The molecule has 0 saturated heterocycles. The zero-order valence-corrected chi connectivity index (χ0v) is 26.3. The monoisotopic (exact) mass is 620 g/mol. The molecule has 45 heavy (non-hydrogen) atoms. The number of aryl methyl sites for hydroxylation is 2. The van der Waals surface area contributed by atoms with Gasteiger partial charge < -0.3 is 39.0 Å². The summed E-state index contributed by atoms with van der Waals surface area (Å²) in [4.78, 5) is 20.9. The van der Waals surface area contributed by atoms with Crippen LogP contribution in [0.3, 0.4) is 0 Å². The Bertz CT molecular complexity index is 1730. The van der Waals surface area contributed by atoms with Crippen molar-refractivity contribution in [1.29, 1.82) is 0 Å². The third kappa shape index (κ3) is 5.90. The van der Waals surface area contributed by atoms with Crippen LogP contribution in [0.5, 0.6) is 17.2 Å². The molecule has 0 spiro atoms. The highest BCUT2D eigenvalue weighted by atomic mass is 19.2. The number of nitrogens with two attached hydrogens (primary N) is 2. The molecule has 13 heteroatoms. The van der Waals surface area contributed by atoms with Crippen LogP contribution in [0.1, 0.15) is 60.7 Å². The maximum atomic E-state index is 16.5. The summed E-state index contributed by atoms with van der Waals surface area (Å²) < 4.78 is 51.1. The van der Waals surface area contributed by atoms with Gasteiger partial charge in [0.15, 0.2) is 17.2 Å². The smallest absolute Gasteiger partial charge is 0.493 e. The lowest BCUT2D eigenvalue weighted by molar-refractivity contribution is -0.351. The number of Topliss-reactive ketones (excluding diaryl/α,β-unsaturated/α-hetero) is 1. The first-order valence-corrected chi connectivity index (χ1v) is 14.9. The molecule has 5 rings (SSSR count). The number of nitrogens with zero attached hydrogens (tertiary/aromatic N) is 4. The molecule has 0 bridgehead atoms. The number of methoxy groups -OCH3 is 2. The van der Waals surface area contributed by atoms with Crippen LogP contribution < -0.4 is 25.7 Å². The zero-order chi connectivity index (χ0) is 32.5. The summed E-state index contributed by atoms with van der Waals surface area (Å²) in [5, 5.41) is 0. The minimum atomic E-state index is -3.22. The molecule has 0 amide bonds. The summed E-state index contributed by atoms with van der Waals surface area (Å²) in [6, 6.07) is 5.52. The van der Waals surface area contributed by atoms with Gasteiger partial charge in [0.05, 0.1) is 27.4 Å². The summed E-state index contributed by atoms with van der Waals surface area (Å²) in [6.07, 6.45) is 6.87. The van der Waals surface area contributed by atoms with E-state index in [0.717, 1.165) is 22.4 Å². The van der Waals surface area contributed by atoms with Gasteiger partial charge in [0.2, 0.25) is 11.7 Å². The van der Waals surface area contributed by atoms with Crippen molar-refractivity contribution in [3.63, 3.8) is 0 Å². The number of ether oxygens (including phenoxy) is 3. The molecule has 2 aliphatic rings. The summed E-state index contributed by atoms with van der Waals surface area (Å²) in [5.41, 5.74) is 17.6. The molecule has 0 saturated carbocycles. The first-order valence-electron chi connectivity index (χ1n) is 14.9. The number of carbonyl (C=O) groups is 1. The van der Waals surface area contributed by atoms with Crippen molar-refractivity contribution in [1.82, 2.24) is 14.4 Å². The van der Waals surface area contributed by atoms with E-state index in [0.29, 0.717) is 65.0 Å². The molecule has 1 unspecified atom stereocenters. The summed E-state index contributed by atoms with van der Waals surface area (Å²) >= 11 is 0. The molecule has 4 heterocycles. The van der Waals surface area contributed by atoms with Crippen LogP contribution in [0.2, 0.25) is 0 Å². The topological polar surface area (TPSA) is 131 Å². The average molecular weight is 621 g/mol. The van der Waals surface area contributed by atoms with E-state index in [2.05, 4.69) is 9.97 Å². The Morgan fingerprint density at radius 2 is 1.78 bits per heavy atom. The number of aromatic nitrogens is 3. The zero-order valence-electron chi connectivity index (χ0n) is 26.3. The van der Waals surface area contributed by atoms with Crippen molar-refractivity contribution in [2.24, 2.45) is 0 Å². The first kappa shape index (κ1) is 31.7. The van der Waals surface area contributed by atoms with Crippen LogP contribution in [-0.2, 0) is 11.2 Å². The molecular weight excluding hydrogens is 581 g/mol. The number of alkyl halides is 1. The second-order valence-corrected chi connectivity index (χ2v) is 11.5. The maximum Gasteiger partial charge on any atom is 0.577 e. The molecule has 4 N–H and O–H groups in total. The quantitative estimate of drug-likeness (QED) is 0.204. The third-order valence-corrected chi connectivity index (χ3v) is 8.49.